The number of amides is 1. The van der Waals surface area contributed by atoms with Crippen LogP contribution in [0.3, 0.4) is 0 Å². The average Bonchev–Trinajstić information content (AvgIpc) is 2.59. The second-order valence-electron chi connectivity index (χ2n) is 5.83. The van der Waals surface area contributed by atoms with Gasteiger partial charge in [0.25, 0.3) is 11.5 Å². The van der Waals surface area contributed by atoms with Crippen LogP contribution in [0.15, 0.2) is 47.4 Å². The molecule has 0 radical (unpaired) electrons. The van der Waals surface area contributed by atoms with E-state index in [9.17, 15) is 14.4 Å². The van der Waals surface area contributed by atoms with E-state index >= 15 is 0 Å². The molecule has 2 heterocycles. The van der Waals surface area contributed by atoms with Crippen LogP contribution in [0.2, 0.25) is 0 Å². The van der Waals surface area contributed by atoms with Crippen LogP contribution in [0.25, 0.3) is 0 Å². The zero-order valence-electron chi connectivity index (χ0n) is 13.7. The molecule has 2 aromatic rings. The molecule has 0 bridgehead atoms. The van der Waals surface area contributed by atoms with Gasteiger partial charge in [-0.2, -0.15) is 0 Å². The van der Waals surface area contributed by atoms with Gasteiger partial charge in [0.1, 0.15) is 5.75 Å². The molecule has 6 nitrogen and oxygen atoms in total. The van der Waals surface area contributed by atoms with Crippen molar-refractivity contribution in [1.29, 1.82) is 0 Å². The highest BCUT2D eigenvalue weighted by Crippen LogP contribution is 2.34. The number of aromatic nitrogens is 1. The molecule has 1 amide bonds. The van der Waals surface area contributed by atoms with Gasteiger partial charge in [0.2, 0.25) is 0 Å². The summed E-state index contributed by atoms with van der Waals surface area (Å²) in [6.07, 6.45) is 1.04. The minimum absolute atomic E-state index is 0.167. The van der Waals surface area contributed by atoms with E-state index < -0.39 is 12.1 Å². The normalized spacial score (nSPS) is 17.9. The van der Waals surface area contributed by atoms with Crippen LogP contribution >= 0.6 is 0 Å². The lowest BCUT2D eigenvalue weighted by molar-refractivity contribution is -0.125. The Balaban J connectivity index is 1.96. The molecule has 0 saturated heterocycles. The molecule has 0 N–H and O–H groups in total. The zero-order valence-corrected chi connectivity index (χ0v) is 13.7. The van der Waals surface area contributed by atoms with E-state index in [1.807, 2.05) is 0 Å². The third-order valence-corrected chi connectivity index (χ3v) is 4.23. The molecule has 24 heavy (non-hydrogen) atoms. The first kappa shape index (κ1) is 16.0. The third-order valence-electron chi connectivity index (χ3n) is 4.23. The van der Waals surface area contributed by atoms with Gasteiger partial charge in [-0.3, -0.25) is 14.4 Å². The number of ether oxygens (including phenoxy) is 1. The Bertz CT molecular complexity index is 871. The predicted molar refractivity (Wildman–Crippen MR) is 89.7 cm³/mol. The van der Waals surface area contributed by atoms with Crippen molar-refractivity contribution in [2.45, 2.75) is 26.0 Å². The second kappa shape index (κ2) is 5.96. The molecule has 124 valence electrons. The molecule has 0 aliphatic carbocycles. The fraction of sp³-hybridized carbons (Fsp3) is 0.278. The number of carbonyl (C=O) groups excluding carboxylic acids is 2. The summed E-state index contributed by atoms with van der Waals surface area (Å²) in [4.78, 5) is 38.2. The van der Waals surface area contributed by atoms with Gasteiger partial charge in [-0.15, -0.1) is 0 Å². The smallest absolute Gasteiger partial charge is 0.267 e. The number of nitrogens with zero attached hydrogens (tertiary/aromatic N) is 2. The lowest BCUT2D eigenvalue weighted by Gasteiger charge is -2.30. The Morgan fingerprint density at radius 3 is 2.67 bits per heavy atom. The number of rotatable bonds is 3. The first-order valence-corrected chi connectivity index (χ1v) is 7.70. The number of hydrogen-bond donors (Lipinski definition) is 0. The molecule has 3 rings (SSSR count). The Kier molecular flexibility index (Phi) is 3.97. The number of benzene rings is 1. The maximum atomic E-state index is 12.7. The van der Waals surface area contributed by atoms with Gasteiger partial charge < -0.3 is 14.2 Å². The summed E-state index contributed by atoms with van der Waals surface area (Å²) in [5.41, 5.74) is 0.743. The number of anilines is 1. The van der Waals surface area contributed by atoms with Crippen LogP contribution in [0.4, 0.5) is 5.69 Å². The average molecular weight is 326 g/mol. The number of likely N-dealkylation sites (N-methyl/N-ethyl adjacent to an activating group) is 1. The monoisotopic (exact) mass is 326 g/mol. The van der Waals surface area contributed by atoms with Crippen molar-refractivity contribution < 1.29 is 14.3 Å². The standard InChI is InChI=1S/C18H18N2O4/c1-11(20-9-5-4-6-16(20)21)17(22)13-7-8-15-14(10-13)19(3)18(23)12(2)24-15/h4-12H,1-3H3. The van der Waals surface area contributed by atoms with Crippen molar-refractivity contribution in [3.05, 3.63) is 58.5 Å². The van der Waals surface area contributed by atoms with E-state index in [0.717, 1.165) is 0 Å². The molecule has 0 spiro atoms. The van der Waals surface area contributed by atoms with Crippen molar-refractivity contribution >= 4 is 17.4 Å². The number of carbonyl (C=O) groups is 2. The Morgan fingerprint density at radius 1 is 1.21 bits per heavy atom. The van der Waals surface area contributed by atoms with Crippen molar-refractivity contribution in [3.63, 3.8) is 0 Å². The van der Waals surface area contributed by atoms with Crippen molar-refractivity contribution in [2.24, 2.45) is 0 Å². The van der Waals surface area contributed by atoms with E-state index in [-0.39, 0.29) is 17.2 Å². The largest absolute Gasteiger partial charge is 0.479 e. The highest BCUT2D eigenvalue weighted by atomic mass is 16.5. The van der Waals surface area contributed by atoms with Crippen LogP contribution in [-0.4, -0.2) is 29.4 Å². The molecule has 1 aliphatic rings. The molecule has 1 aromatic heterocycles. The minimum Gasteiger partial charge on any atom is -0.479 e. The third kappa shape index (κ3) is 2.60. The summed E-state index contributed by atoms with van der Waals surface area (Å²) in [5, 5.41) is 0. The zero-order chi connectivity index (χ0) is 17.4. The maximum absolute atomic E-state index is 12.7. The van der Waals surface area contributed by atoms with Crippen LogP contribution in [0.5, 0.6) is 5.75 Å². The van der Waals surface area contributed by atoms with E-state index in [1.165, 1.54) is 15.5 Å². The first-order chi connectivity index (χ1) is 11.4. The fourth-order valence-electron chi connectivity index (χ4n) is 2.79. The van der Waals surface area contributed by atoms with Gasteiger partial charge in [0.05, 0.1) is 11.7 Å². The number of pyridine rings is 1. The number of ketones is 1. The molecule has 2 atom stereocenters. The summed E-state index contributed by atoms with van der Waals surface area (Å²) in [6.45, 7) is 3.36. The van der Waals surface area contributed by atoms with Gasteiger partial charge in [-0.05, 0) is 38.1 Å². The van der Waals surface area contributed by atoms with Gasteiger partial charge in [-0.25, -0.2) is 0 Å². The SMILES string of the molecule is CC1Oc2ccc(C(=O)C(C)n3ccccc3=O)cc2N(C)C1=O. The summed E-state index contributed by atoms with van der Waals surface area (Å²) >= 11 is 0. The number of fused-ring (bicyclic) bond motifs is 1. The first-order valence-electron chi connectivity index (χ1n) is 7.70. The quantitative estimate of drug-likeness (QED) is 0.810. The second-order valence-corrected chi connectivity index (χ2v) is 5.83. The number of hydrogen-bond acceptors (Lipinski definition) is 4. The summed E-state index contributed by atoms with van der Waals surface area (Å²) in [6, 6.07) is 9.09. The molecular formula is C18H18N2O4. The molecule has 0 saturated carbocycles. The topological polar surface area (TPSA) is 68.6 Å². The summed E-state index contributed by atoms with van der Waals surface area (Å²) in [5.74, 6) is 0.190. The Hall–Kier alpha value is -2.89. The molecular weight excluding hydrogens is 308 g/mol. The Labute approximate surface area is 139 Å². The Morgan fingerprint density at radius 2 is 1.96 bits per heavy atom. The van der Waals surface area contributed by atoms with E-state index in [1.54, 1.807) is 57.4 Å². The van der Waals surface area contributed by atoms with E-state index in [2.05, 4.69) is 0 Å². The van der Waals surface area contributed by atoms with Crippen LogP contribution in [-0.2, 0) is 4.79 Å². The van der Waals surface area contributed by atoms with Crippen molar-refractivity contribution in [1.82, 2.24) is 4.57 Å². The minimum atomic E-state index is -0.638. The van der Waals surface area contributed by atoms with Crippen molar-refractivity contribution in [3.8, 4) is 5.75 Å². The molecule has 0 fully saturated rings. The highest BCUT2D eigenvalue weighted by molar-refractivity contribution is 6.03. The maximum Gasteiger partial charge on any atom is 0.267 e. The van der Waals surface area contributed by atoms with Gasteiger partial charge >= 0.3 is 0 Å². The summed E-state index contributed by atoms with van der Waals surface area (Å²) < 4.78 is 6.94. The fourth-order valence-corrected chi connectivity index (χ4v) is 2.79. The van der Waals surface area contributed by atoms with E-state index in [0.29, 0.717) is 17.0 Å². The summed E-state index contributed by atoms with van der Waals surface area (Å²) in [7, 11) is 1.65. The molecule has 1 aromatic carbocycles. The van der Waals surface area contributed by atoms with Gasteiger partial charge in [0.15, 0.2) is 11.9 Å². The van der Waals surface area contributed by atoms with Crippen molar-refractivity contribution in [2.75, 3.05) is 11.9 Å². The molecule has 6 heteroatoms. The van der Waals surface area contributed by atoms with Crippen LogP contribution in [0, 0.1) is 0 Å². The molecule has 1 aliphatic heterocycles. The van der Waals surface area contributed by atoms with Crippen LogP contribution in [0.1, 0.15) is 30.2 Å². The highest BCUT2D eigenvalue weighted by Gasteiger charge is 2.30. The lowest BCUT2D eigenvalue weighted by atomic mass is 10.0. The van der Waals surface area contributed by atoms with Crippen LogP contribution < -0.4 is 15.2 Å². The lowest BCUT2D eigenvalue weighted by Crippen LogP contribution is -2.42. The van der Waals surface area contributed by atoms with Gasteiger partial charge in [-0.1, -0.05) is 6.07 Å². The molecule has 2 unspecified atom stereocenters. The number of Topliss-reactive ketones (excluding diaryl/α,β-unsaturated/α-hetero) is 1. The predicted octanol–water partition coefficient (Wildman–Crippen LogP) is 2.04. The van der Waals surface area contributed by atoms with E-state index in [4.69, 9.17) is 4.74 Å². The van der Waals surface area contributed by atoms with Gasteiger partial charge in [0, 0.05) is 24.9 Å².